The maximum absolute atomic E-state index is 12.1. The largest absolute Gasteiger partial charge is 0.466 e. The second-order valence-electron chi connectivity index (χ2n) is 3.78. The van der Waals surface area contributed by atoms with Crippen LogP contribution in [0, 0.1) is 5.92 Å². The molecule has 0 aromatic carbocycles. The maximum Gasteiger partial charge on any atom is 0.308 e. The van der Waals surface area contributed by atoms with Gasteiger partial charge in [0, 0.05) is 4.83 Å². The van der Waals surface area contributed by atoms with E-state index in [0.29, 0.717) is 0 Å². The first kappa shape index (κ1) is 16.9. The number of alkyl halides is 1. The van der Waals surface area contributed by atoms with Gasteiger partial charge in [0.15, 0.2) is 0 Å². The van der Waals surface area contributed by atoms with Gasteiger partial charge in [0.05, 0.1) is 18.3 Å². The molecule has 0 spiro atoms. The van der Waals surface area contributed by atoms with Gasteiger partial charge in [-0.2, -0.15) is 0 Å². The molecular weight excluding hydrogens is 335 g/mol. The first-order valence-corrected chi connectivity index (χ1v) is 7.81. The molecule has 0 fully saturated rings. The van der Waals surface area contributed by atoms with Crippen LogP contribution >= 0.6 is 26.2 Å². The van der Waals surface area contributed by atoms with Crippen LogP contribution in [0.5, 0.6) is 0 Å². The Labute approximate surface area is 105 Å². The predicted octanol–water partition coefficient (Wildman–Crippen LogP) is 4.64. The monoisotopic (exact) mass is 348 g/mol. The molecule has 0 heterocycles. The molecule has 0 saturated heterocycles. The summed E-state index contributed by atoms with van der Waals surface area (Å²) in [7, 11) is -9.43. The molecule has 0 bridgehead atoms. The van der Waals surface area contributed by atoms with Crippen molar-refractivity contribution >= 4 is 32.1 Å². The number of rotatable bonds is 6. The van der Waals surface area contributed by atoms with E-state index in [1.807, 2.05) is 0 Å². The summed E-state index contributed by atoms with van der Waals surface area (Å²) in [5, 5.41) is 0. The number of carbonyl (C=O) groups excluding carboxylic acids is 1. The zero-order valence-electron chi connectivity index (χ0n) is 9.27. The fourth-order valence-corrected chi connectivity index (χ4v) is 4.05. The molecule has 0 saturated carbocycles. The van der Waals surface area contributed by atoms with E-state index in [1.54, 1.807) is 6.92 Å². The third-order valence-electron chi connectivity index (χ3n) is 1.79. The van der Waals surface area contributed by atoms with Crippen molar-refractivity contribution < 1.29 is 29.0 Å². The molecule has 2 unspecified atom stereocenters. The number of halogens is 6. The lowest BCUT2D eigenvalue weighted by molar-refractivity contribution is -0.147. The Morgan fingerprint density at radius 3 is 2.12 bits per heavy atom. The van der Waals surface area contributed by atoms with E-state index in [0.717, 1.165) is 0 Å². The van der Waals surface area contributed by atoms with Crippen molar-refractivity contribution in [2.24, 2.45) is 5.92 Å². The van der Waals surface area contributed by atoms with Crippen molar-refractivity contribution in [3.05, 3.63) is 0 Å². The zero-order valence-corrected chi connectivity index (χ0v) is 11.7. The summed E-state index contributed by atoms with van der Waals surface area (Å²) < 4.78 is 65.2. The van der Waals surface area contributed by atoms with E-state index in [-0.39, 0.29) is 13.0 Å². The highest BCUT2D eigenvalue weighted by atomic mass is 79.9. The Morgan fingerprint density at radius 1 is 1.29 bits per heavy atom. The van der Waals surface area contributed by atoms with E-state index in [1.165, 1.54) is 6.92 Å². The Morgan fingerprint density at radius 2 is 1.76 bits per heavy atom. The van der Waals surface area contributed by atoms with Crippen molar-refractivity contribution in [1.82, 2.24) is 0 Å². The first-order chi connectivity index (χ1) is 7.24. The fraction of sp³-hybridized carbons (Fsp3) is 0.875. The molecule has 0 aliphatic rings. The summed E-state index contributed by atoms with van der Waals surface area (Å²) in [6.07, 6.45) is -0.357. The highest BCUT2D eigenvalue weighted by Crippen LogP contribution is 2.98. The Balaban J connectivity index is 4.39. The molecule has 2 nitrogen and oxygen atoms in total. The predicted molar refractivity (Wildman–Crippen MR) is 61.1 cm³/mol. The van der Waals surface area contributed by atoms with Gasteiger partial charge in [-0.15, -0.1) is 0 Å². The lowest BCUT2D eigenvalue weighted by Crippen LogP contribution is -2.24. The molecule has 2 atom stereocenters. The summed E-state index contributed by atoms with van der Waals surface area (Å²) in [5.74, 6) is -3.78. The van der Waals surface area contributed by atoms with Crippen LogP contribution in [0.25, 0.3) is 0 Å². The van der Waals surface area contributed by atoms with Gasteiger partial charge in [0.25, 0.3) is 10.2 Å². The number of hydrogen-bond donors (Lipinski definition) is 0. The van der Waals surface area contributed by atoms with Crippen LogP contribution in [0.15, 0.2) is 0 Å². The summed E-state index contributed by atoms with van der Waals surface area (Å²) >= 11 is 2.53. The molecule has 0 N–H and O–H groups in total. The second-order valence-corrected chi connectivity index (χ2v) is 7.67. The summed E-state index contributed by atoms with van der Waals surface area (Å²) in [6, 6.07) is 0. The normalized spacial score (nSPS) is 20.0. The Kier molecular flexibility index (Phi) is 4.55. The van der Waals surface area contributed by atoms with Crippen LogP contribution in [0.1, 0.15) is 20.3 Å². The molecule has 0 aliphatic heterocycles. The highest BCUT2D eigenvalue weighted by molar-refractivity contribution is 9.09. The van der Waals surface area contributed by atoms with Gasteiger partial charge < -0.3 is 4.74 Å². The molecule has 0 aromatic heterocycles. The van der Waals surface area contributed by atoms with Gasteiger partial charge in [0.1, 0.15) is 0 Å². The van der Waals surface area contributed by atoms with Crippen LogP contribution < -0.4 is 0 Å². The molecular formula is C8H14BrF5O2S. The fourth-order valence-electron chi connectivity index (χ4n) is 1.17. The van der Waals surface area contributed by atoms with Crippen molar-refractivity contribution in [2.75, 3.05) is 12.4 Å². The first-order valence-electron chi connectivity index (χ1n) is 4.77. The minimum Gasteiger partial charge on any atom is -0.466 e. The third kappa shape index (κ3) is 9.63. The molecule has 0 rings (SSSR count). The number of ether oxygens (including phenoxy) is 1. The minimum absolute atomic E-state index is 0.0949. The van der Waals surface area contributed by atoms with Crippen molar-refractivity contribution in [1.29, 1.82) is 0 Å². The highest BCUT2D eigenvalue weighted by Gasteiger charge is 2.64. The number of carbonyl (C=O) groups is 1. The lowest BCUT2D eigenvalue weighted by atomic mass is 10.1. The van der Waals surface area contributed by atoms with Crippen molar-refractivity contribution in [3.8, 4) is 0 Å². The van der Waals surface area contributed by atoms with Gasteiger partial charge in [-0.25, -0.2) is 0 Å². The molecule has 0 amide bonds. The van der Waals surface area contributed by atoms with E-state index in [9.17, 15) is 24.2 Å². The van der Waals surface area contributed by atoms with Crippen LogP contribution in [-0.4, -0.2) is 23.2 Å². The average molecular weight is 349 g/mol. The standard InChI is InChI=1S/C8H14BrF5O2S/c1-3-16-8(15)6(2)4-7(9)5-17(10,11,12,13)14/h6-7H,3-5H2,1-2H3. The van der Waals surface area contributed by atoms with E-state index in [2.05, 4.69) is 20.7 Å². The van der Waals surface area contributed by atoms with Crippen LogP contribution in [0.4, 0.5) is 19.4 Å². The minimum atomic E-state index is -9.43. The van der Waals surface area contributed by atoms with Crippen LogP contribution in [0.3, 0.4) is 0 Å². The third-order valence-corrected chi connectivity index (χ3v) is 3.95. The van der Waals surface area contributed by atoms with Crippen LogP contribution in [-0.2, 0) is 9.53 Å². The molecule has 0 radical (unpaired) electrons. The topological polar surface area (TPSA) is 26.3 Å². The SMILES string of the molecule is CCOC(=O)C(C)CC(Br)CS(F)(F)(F)(F)F. The molecule has 106 valence electrons. The van der Waals surface area contributed by atoms with E-state index in [4.69, 9.17) is 0 Å². The maximum atomic E-state index is 12.1. The van der Waals surface area contributed by atoms with E-state index >= 15 is 0 Å². The molecule has 0 aliphatic carbocycles. The Bertz CT molecular complexity index is 290. The van der Waals surface area contributed by atoms with Gasteiger partial charge >= 0.3 is 5.97 Å². The lowest BCUT2D eigenvalue weighted by Gasteiger charge is -2.41. The van der Waals surface area contributed by atoms with Crippen molar-refractivity contribution in [3.63, 3.8) is 0 Å². The zero-order chi connectivity index (χ0) is 14.0. The van der Waals surface area contributed by atoms with Crippen LogP contribution in [0.2, 0.25) is 0 Å². The quantitative estimate of drug-likeness (QED) is 0.397. The van der Waals surface area contributed by atoms with Gasteiger partial charge in [-0.3, -0.25) is 4.79 Å². The van der Waals surface area contributed by atoms with Gasteiger partial charge in [-0.05, 0) is 13.3 Å². The second kappa shape index (κ2) is 4.56. The van der Waals surface area contributed by atoms with Crippen molar-refractivity contribution in [2.45, 2.75) is 25.1 Å². The summed E-state index contributed by atoms with van der Waals surface area (Å²) in [4.78, 5) is 9.60. The smallest absolute Gasteiger partial charge is 0.308 e. The summed E-state index contributed by atoms with van der Waals surface area (Å²) in [6.45, 7) is 2.97. The van der Waals surface area contributed by atoms with Gasteiger partial charge in [0.2, 0.25) is 0 Å². The average Bonchev–Trinajstić information content (AvgIpc) is 1.97. The number of hydrogen-bond acceptors (Lipinski definition) is 2. The molecule has 17 heavy (non-hydrogen) atoms. The molecule has 0 aromatic rings. The van der Waals surface area contributed by atoms with E-state index < -0.39 is 32.7 Å². The number of esters is 1. The Hall–Kier alpha value is -0.0500. The summed E-state index contributed by atoms with van der Waals surface area (Å²) in [5.41, 5.74) is 0. The molecule has 9 heteroatoms. The van der Waals surface area contributed by atoms with Gasteiger partial charge in [-0.1, -0.05) is 42.3 Å².